The van der Waals surface area contributed by atoms with E-state index in [0.717, 1.165) is 17.8 Å². The van der Waals surface area contributed by atoms with E-state index in [4.69, 9.17) is 10.5 Å². The first kappa shape index (κ1) is 21.2. The number of hydrogen-bond acceptors (Lipinski definition) is 9. The molecular formula is C19H21F3N6O3S. The molecule has 0 aromatic carbocycles. The van der Waals surface area contributed by atoms with Crippen LogP contribution in [0.3, 0.4) is 0 Å². The summed E-state index contributed by atoms with van der Waals surface area (Å²) >= 11 is 0. The van der Waals surface area contributed by atoms with Gasteiger partial charge >= 0.3 is 6.18 Å². The number of rotatable bonds is 2. The van der Waals surface area contributed by atoms with E-state index in [1.165, 1.54) is 0 Å². The van der Waals surface area contributed by atoms with Crippen LogP contribution in [0.2, 0.25) is 0 Å². The Morgan fingerprint density at radius 2 is 1.84 bits per heavy atom. The first-order chi connectivity index (χ1) is 15.1. The monoisotopic (exact) mass is 470 g/mol. The van der Waals surface area contributed by atoms with Crippen LogP contribution in [0.4, 0.5) is 30.6 Å². The quantitative estimate of drug-likeness (QED) is 0.690. The Labute approximate surface area is 182 Å². The maximum Gasteiger partial charge on any atom is 0.417 e. The number of anilines is 3. The molecule has 5 heterocycles. The summed E-state index contributed by atoms with van der Waals surface area (Å²) in [4.78, 5) is 16.7. The topological polar surface area (TPSA) is 115 Å². The molecule has 2 aromatic rings. The largest absolute Gasteiger partial charge is 0.417 e. The van der Waals surface area contributed by atoms with E-state index in [0.29, 0.717) is 44.4 Å². The third-order valence-corrected chi connectivity index (χ3v) is 7.68. The molecule has 2 fully saturated rings. The van der Waals surface area contributed by atoms with E-state index in [1.807, 2.05) is 9.80 Å². The van der Waals surface area contributed by atoms with Crippen molar-refractivity contribution >= 4 is 27.3 Å². The lowest BCUT2D eigenvalue weighted by Crippen LogP contribution is -2.46. The van der Waals surface area contributed by atoms with Crippen LogP contribution in [0.25, 0.3) is 11.4 Å². The Balaban J connectivity index is 1.67. The van der Waals surface area contributed by atoms with E-state index in [2.05, 4.69) is 15.0 Å². The molecule has 0 unspecified atom stereocenters. The molecule has 0 radical (unpaired) electrons. The summed E-state index contributed by atoms with van der Waals surface area (Å²) in [5.41, 5.74) is 5.04. The summed E-state index contributed by atoms with van der Waals surface area (Å²) < 4.78 is 71.0. The molecule has 2 saturated heterocycles. The summed E-state index contributed by atoms with van der Waals surface area (Å²) in [7, 11) is -3.18. The summed E-state index contributed by atoms with van der Waals surface area (Å²) in [5.74, 6) is 0.604. The first-order valence-electron chi connectivity index (χ1n) is 10.2. The van der Waals surface area contributed by atoms with Crippen LogP contribution in [-0.2, 0) is 27.2 Å². The summed E-state index contributed by atoms with van der Waals surface area (Å²) in [6, 6.07) is 0.469. The highest BCUT2D eigenvalue weighted by Gasteiger charge is 2.42. The average Bonchev–Trinajstić information content (AvgIpc) is 3.09. The zero-order valence-electron chi connectivity index (χ0n) is 17.0. The van der Waals surface area contributed by atoms with Crippen LogP contribution >= 0.6 is 0 Å². The first-order valence-corrected chi connectivity index (χ1v) is 12.0. The minimum Gasteiger partial charge on any atom is -0.384 e. The third kappa shape index (κ3) is 3.72. The predicted octanol–water partition coefficient (Wildman–Crippen LogP) is 1.14. The molecule has 2 aromatic heterocycles. The zero-order valence-corrected chi connectivity index (χ0v) is 17.8. The van der Waals surface area contributed by atoms with Crippen molar-refractivity contribution < 1.29 is 26.3 Å². The third-order valence-electron chi connectivity index (χ3n) is 5.99. The number of alkyl halides is 3. The fourth-order valence-electron chi connectivity index (χ4n) is 4.49. The zero-order chi connectivity index (χ0) is 22.7. The molecular weight excluding hydrogens is 449 g/mol. The molecule has 0 saturated carbocycles. The molecule has 3 aliphatic heterocycles. The SMILES string of the molecule is Nc1cc(C(F)(F)F)c(-c2nc(N3CCOCC3)c3c(n2)N2CCS(=O)(=O)C[C@H]2C3)cn1. The van der Waals surface area contributed by atoms with Gasteiger partial charge in [-0.15, -0.1) is 0 Å². The number of ether oxygens (including phenoxy) is 1. The lowest BCUT2D eigenvalue weighted by atomic mass is 10.1. The molecule has 0 amide bonds. The van der Waals surface area contributed by atoms with Gasteiger partial charge in [0, 0.05) is 43.9 Å². The van der Waals surface area contributed by atoms with Crippen molar-refractivity contribution in [1.82, 2.24) is 15.0 Å². The summed E-state index contributed by atoms with van der Waals surface area (Å²) in [6.45, 7) is 2.22. The van der Waals surface area contributed by atoms with Gasteiger partial charge in [-0.05, 0) is 6.07 Å². The van der Waals surface area contributed by atoms with Gasteiger partial charge < -0.3 is 20.3 Å². The van der Waals surface area contributed by atoms with Gasteiger partial charge in [-0.3, -0.25) is 0 Å². The van der Waals surface area contributed by atoms with E-state index in [1.54, 1.807) is 0 Å². The van der Waals surface area contributed by atoms with Crippen molar-refractivity contribution in [2.45, 2.75) is 18.6 Å². The van der Waals surface area contributed by atoms with E-state index in [-0.39, 0.29) is 41.3 Å². The van der Waals surface area contributed by atoms with Crippen molar-refractivity contribution in [3.63, 3.8) is 0 Å². The van der Waals surface area contributed by atoms with Crippen molar-refractivity contribution in [2.24, 2.45) is 0 Å². The predicted molar refractivity (Wildman–Crippen MR) is 111 cm³/mol. The van der Waals surface area contributed by atoms with Crippen molar-refractivity contribution in [2.75, 3.05) is 59.9 Å². The Morgan fingerprint density at radius 1 is 1.12 bits per heavy atom. The van der Waals surface area contributed by atoms with Crippen molar-refractivity contribution in [3.8, 4) is 11.4 Å². The number of morpholine rings is 1. The second-order valence-electron chi connectivity index (χ2n) is 8.09. The average molecular weight is 470 g/mol. The highest BCUT2D eigenvalue weighted by molar-refractivity contribution is 7.91. The molecule has 2 N–H and O–H groups in total. The lowest BCUT2D eigenvalue weighted by molar-refractivity contribution is -0.137. The van der Waals surface area contributed by atoms with Gasteiger partial charge in [-0.1, -0.05) is 0 Å². The van der Waals surface area contributed by atoms with E-state index < -0.39 is 21.6 Å². The number of sulfone groups is 1. The fraction of sp³-hybridized carbons (Fsp3) is 0.526. The van der Waals surface area contributed by atoms with Crippen molar-refractivity contribution in [3.05, 3.63) is 23.4 Å². The molecule has 172 valence electrons. The number of nitrogens with two attached hydrogens (primary N) is 1. The second-order valence-corrected chi connectivity index (χ2v) is 10.3. The number of hydrogen-bond donors (Lipinski definition) is 1. The minimum absolute atomic E-state index is 0.0154. The van der Waals surface area contributed by atoms with Crippen LogP contribution in [0.15, 0.2) is 12.3 Å². The number of pyridine rings is 1. The number of halogens is 3. The number of nitrogens with zero attached hydrogens (tertiary/aromatic N) is 5. The van der Waals surface area contributed by atoms with Gasteiger partial charge in [-0.2, -0.15) is 13.2 Å². The van der Waals surface area contributed by atoms with E-state index in [9.17, 15) is 21.6 Å². The van der Waals surface area contributed by atoms with Crippen LogP contribution in [0, 0.1) is 0 Å². The highest BCUT2D eigenvalue weighted by Crippen LogP contribution is 2.42. The van der Waals surface area contributed by atoms with Crippen LogP contribution in [0.1, 0.15) is 11.1 Å². The number of fused-ring (bicyclic) bond motifs is 3. The molecule has 32 heavy (non-hydrogen) atoms. The maximum atomic E-state index is 13.8. The molecule has 3 aliphatic rings. The lowest BCUT2D eigenvalue weighted by Gasteiger charge is -2.31. The molecule has 0 spiro atoms. The summed E-state index contributed by atoms with van der Waals surface area (Å²) in [6.07, 6.45) is -3.21. The Kier molecular flexibility index (Phi) is 4.93. The van der Waals surface area contributed by atoms with Crippen LogP contribution in [-0.4, -0.2) is 73.8 Å². The van der Waals surface area contributed by atoms with Crippen LogP contribution < -0.4 is 15.5 Å². The van der Waals surface area contributed by atoms with Crippen molar-refractivity contribution in [1.29, 1.82) is 0 Å². The molecule has 1 atom stereocenters. The Hall–Kier alpha value is -2.67. The second kappa shape index (κ2) is 7.44. The normalized spacial score (nSPS) is 22.5. The Morgan fingerprint density at radius 3 is 2.56 bits per heavy atom. The Bertz CT molecular complexity index is 1170. The van der Waals surface area contributed by atoms with Gasteiger partial charge in [0.15, 0.2) is 15.7 Å². The minimum atomic E-state index is -4.67. The molecule has 0 bridgehead atoms. The fourth-order valence-corrected chi connectivity index (χ4v) is 6.02. The maximum absolute atomic E-state index is 13.8. The highest BCUT2D eigenvalue weighted by atomic mass is 32.2. The molecule has 0 aliphatic carbocycles. The molecule has 13 heteroatoms. The summed E-state index contributed by atoms with van der Waals surface area (Å²) in [5, 5.41) is 0. The molecule has 9 nitrogen and oxygen atoms in total. The van der Waals surface area contributed by atoms with Gasteiger partial charge in [-0.25, -0.2) is 23.4 Å². The van der Waals surface area contributed by atoms with Gasteiger partial charge in [0.2, 0.25) is 0 Å². The number of nitrogen functional groups attached to an aromatic ring is 1. The number of aromatic nitrogens is 3. The standard InChI is InChI=1S/C19H21F3N6O3S/c20-19(21,22)14-8-15(23)24-9-13(14)16-25-17(27-1-4-31-5-2-27)12-7-11-10-32(29,30)6-3-28(11)18(12)26-16/h8-9,11H,1-7,10H2,(H2,23,24)/t11-/m1/s1. The van der Waals surface area contributed by atoms with Gasteiger partial charge in [0.05, 0.1) is 35.8 Å². The van der Waals surface area contributed by atoms with E-state index >= 15 is 0 Å². The molecule has 5 rings (SSSR count). The van der Waals surface area contributed by atoms with Crippen LogP contribution in [0.5, 0.6) is 0 Å². The van der Waals surface area contributed by atoms with Gasteiger partial charge in [0.1, 0.15) is 17.5 Å². The van der Waals surface area contributed by atoms with Gasteiger partial charge in [0.25, 0.3) is 0 Å². The smallest absolute Gasteiger partial charge is 0.384 e.